The highest BCUT2D eigenvalue weighted by molar-refractivity contribution is 6.69. The maximum absolute atomic E-state index is 6.95. The lowest BCUT2D eigenvalue weighted by atomic mass is 9.64. The second kappa shape index (κ2) is 11.7. The average molecular weight is 648 g/mol. The molecule has 3 heterocycles. The van der Waals surface area contributed by atoms with Gasteiger partial charge in [0.25, 0.3) is 0 Å². The lowest BCUT2D eigenvalue weighted by Gasteiger charge is -2.16. The SMILES string of the molecule is Bc1c(B)c(B)c2c(oc3c(-c4nc(-c5cccc(-c6ccccc6)c5)nc(-c5ccc6c(c5)oc5ccccc56)n4)c(B)c(B)c(B)c32)c1B. The van der Waals surface area contributed by atoms with Gasteiger partial charge in [-0.15, -0.1) is 5.46 Å². The molecule has 6 aromatic carbocycles. The van der Waals surface area contributed by atoms with Crippen molar-refractivity contribution in [1.82, 2.24) is 15.0 Å². The van der Waals surface area contributed by atoms with Crippen LogP contribution in [0.4, 0.5) is 0 Å². The van der Waals surface area contributed by atoms with Gasteiger partial charge in [0.05, 0.1) is 5.56 Å². The van der Waals surface area contributed by atoms with Crippen LogP contribution < -0.4 is 38.2 Å². The number of hydrogen-bond acceptors (Lipinski definition) is 5. The Labute approximate surface area is 302 Å². The molecule has 0 radical (unpaired) electrons. The summed E-state index contributed by atoms with van der Waals surface area (Å²) in [6.45, 7) is 0. The first-order chi connectivity index (χ1) is 24.7. The first-order valence-electron chi connectivity index (χ1n) is 17.5. The van der Waals surface area contributed by atoms with Gasteiger partial charge in [0, 0.05) is 32.7 Å². The third-order valence-corrected chi connectivity index (χ3v) is 11.1. The summed E-state index contributed by atoms with van der Waals surface area (Å²) >= 11 is 0. The van der Waals surface area contributed by atoms with Crippen LogP contribution in [0.15, 0.2) is 106 Å². The number of fused-ring (bicyclic) bond motifs is 6. The van der Waals surface area contributed by atoms with Crippen LogP contribution >= 0.6 is 0 Å². The molecule has 0 fully saturated rings. The normalized spacial score (nSPS) is 11.7. The fourth-order valence-electron chi connectivity index (χ4n) is 7.68. The highest BCUT2D eigenvalue weighted by Gasteiger charge is 2.25. The van der Waals surface area contributed by atoms with Gasteiger partial charge in [-0.3, -0.25) is 0 Å². The first kappa shape index (κ1) is 31.4. The van der Waals surface area contributed by atoms with Gasteiger partial charge < -0.3 is 8.83 Å². The number of nitrogens with zero attached hydrogens (tertiary/aromatic N) is 3. The van der Waals surface area contributed by atoms with Gasteiger partial charge in [-0.2, -0.15) is 0 Å². The summed E-state index contributed by atoms with van der Waals surface area (Å²) in [7, 11) is 15.3. The summed E-state index contributed by atoms with van der Waals surface area (Å²) in [6.07, 6.45) is 0. The van der Waals surface area contributed by atoms with E-state index in [1.165, 1.54) is 38.2 Å². The fourth-order valence-corrected chi connectivity index (χ4v) is 7.68. The molecule has 12 heteroatoms. The molecule has 0 atom stereocenters. The molecule has 3 aromatic heterocycles. The first-order valence-corrected chi connectivity index (χ1v) is 17.5. The quantitative estimate of drug-likeness (QED) is 0.210. The third kappa shape index (κ3) is 4.84. The van der Waals surface area contributed by atoms with Crippen molar-refractivity contribution >= 4 is 137 Å². The molecule has 0 N–H and O–H groups in total. The van der Waals surface area contributed by atoms with Crippen LogP contribution in [0.25, 0.3) is 89.2 Å². The largest absolute Gasteiger partial charge is 0.456 e. The van der Waals surface area contributed by atoms with Crippen LogP contribution in [0.2, 0.25) is 0 Å². The Morgan fingerprint density at radius 1 is 0.373 bits per heavy atom. The van der Waals surface area contributed by atoms with Crippen LogP contribution in [0.1, 0.15) is 0 Å². The van der Waals surface area contributed by atoms with E-state index in [-0.39, 0.29) is 0 Å². The summed E-state index contributed by atoms with van der Waals surface area (Å²) in [6, 6.07) is 33.2. The highest BCUT2D eigenvalue weighted by atomic mass is 16.3. The van der Waals surface area contributed by atoms with E-state index in [0.29, 0.717) is 17.5 Å². The van der Waals surface area contributed by atoms with Crippen LogP contribution in [0, 0.1) is 0 Å². The molecule has 0 bridgehead atoms. The van der Waals surface area contributed by atoms with Crippen molar-refractivity contribution in [1.29, 1.82) is 0 Å². The van der Waals surface area contributed by atoms with Crippen LogP contribution in [-0.2, 0) is 0 Å². The monoisotopic (exact) mass is 649 g/mol. The molecule has 9 aromatic rings. The molecule has 9 rings (SSSR count). The van der Waals surface area contributed by atoms with E-state index >= 15 is 0 Å². The molecule has 0 aliphatic rings. The maximum atomic E-state index is 6.95. The van der Waals surface area contributed by atoms with Gasteiger partial charge in [0.15, 0.2) is 17.5 Å². The minimum Gasteiger partial charge on any atom is -0.456 e. The van der Waals surface area contributed by atoms with E-state index in [9.17, 15) is 0 Å². The van der Waals surface area contributed by atoms with Gasteiger partial charge in [-0.25, -0.2) is 15.0 Å². The molecule has 0 unspecified atom stereocenters. The molecule has 0 saturated heterocycles. The van der Waals surface area contributed by atoms with E-state index in [1.54, 1.807) is 0 Å². The van der Waals surface area contributed by atoms with E-state index in [4.69, 9.17) is 23.8 Å². The summed E-state index contributed by atoms with van der Waals surface area (Å²) in [5.41, 5.74) is 16.8. The van der Waals surface area contributed by atoms with E-state index in [0.717, 1.165) is 71.8 Å². The topological polar surface area (TPSA) is 65.0 Å². The van der Waals surface area contributed by atoms with Gasteiger partial charge in [-0.05, 0) is 35.4 Å². The van der Waals surface area contributed by atoms with Crippen molar-refractivity contribution in [3.63, 3.8) is 0 Å². The van der Waals surface area contributed by atoms with E-state index in [1.807, 2.05) is 30.3 Å². The Morgan fingerprint density at radius 2 is 0.941 bits per heavy atom. The highest BCUT2D eigenvalue weighted by Crippen LogP contribution is 2.35. The Morgan fingerprint density at radius 3 is 1.71 bits per heavy atom. The molecule has 5 nitrogen and oxygen atoms in total. The average Bonchev–Trinajstić information content (AvgIpc) is 3.75. The summed E-state index contributed by atoms with van der Waals surface area (Å²) < 4.78 is 13.3. The van der Waals surface area contributed by atoms with Gasteiger partial charge in [-0.1, -0.05) is 106 Å². The Bertz CT molecular complexity index is 2900. The van der Waals surface area contributed by atoms with Crippen molar-refractivity contribution in [3.05, 3.63) is 97.1 Å². The number of furan rings is 2. The van der Waals surface area contributed by atoms with Crippen LogP contribution in [0.5, 0.6) is 0 Å². The molecule has 234 valence electrons. The molecular formula is C39H30B7N3O2. The van der Waals surface area contributed by atoms with Crippen LogP contribution in [0.3, 0.4) is 0 Å². The predicted octanol–water partition coefficient (Wildman–Crippen LogP) is -1.85. The van der Waals surface area contributed by atoms with Crippen molar-refractivity contribution < 1.29 is 8.83 Å². The molecule has 0 amide bonds. The van der Waals surface area contributed by atoms with Gasteiger partial charge in [0.1, 0.15) is 77.3 Å². The number of para-hydroxylation sites is 1. The zero-order valence-corrected chi connectivity index (χ0v) is 29.9. The Balaban J connectivity index is 1.34. The third-order valence-electron chi connectivity index (χ3n) is 11.1. The minimum absolute atomic E-state index is 0.573. The second-order valence-electron chi connectivity index (χ2n) is 13.8. The molecule has 0 aliphatic carbocycles. The minimum atomic E-state index is 0.573. The second-order valence-corrected chi connectivity index (χ2v) is 13.8. The number of benzene rings is 6. The molecule has 0 saturated carbocycles. The van der Waals surface area contributed by atoms with Crippen molar-refractivity contribution in [2.45, 2.75) is 0 Å². The van der Waals surface area contributed by atoms with Crippen molar-refractivity contribution in [2.75, 3.05) is 0 Å². The molecule has 0 aliphatic heterocycles. The van der Waals surface area contributed by atoms with Crippen molar-refractivity contribution in [2.24, 2.45) is 0 Å². The lowest BCUT2D eigenvalue weighted by molar-refractivity contribution is 0.669. The van der Waals surface area contributed by atoms with Crippen molar-refractivity contribution in [3.8, 4) is 45.3 Å². The molecular weight excluding hydrogens is 618 g/mol. The Hall–Kier alpha value is -5.62. The summed E-state index contributed by atoms with van der Waals surface area (Å²) in [5, 5.41) is 4.45. The van der Waals surface area contributed by atoms with Gasteiger partial charge >= 0.3 is 0 Å². The van der Waals surface area contributed by atoms with E-state index < -0.39 is 0 Å². The van der Waals surface area contributed by atoms with E-state index in [2.05, 4.69) is 122 Å². The molecule has 0 spiro atoms. The van der Waals surface area contributed by atoms with Crippen LogP contribution in [-0.4, -0.2) is 69.9 Å². The standard InChI is InChI=1S/C39H30B7N3O2/c40-28-25-26-29(41)32(44)33(45)34(46)36(26)51-35(25)27(30(42)31(28)43)39-48-37(19-10-6-9-18(15-19)17-7-2-1-3-8-17)47-38(49-39)20-13-14-22-21-11-4-5-12-23(21)50-24(22)16-20/h1-16H,40-46H2. The lowest BCUT2D eigenvalue weighted by Crippen LogP contribution is -2.48. The number of hydrogen-bond donors (Lipinski definition) is 0. The van der Waals surface area contributed by atoms with Gasteiger partial charge in [0.2, 0.25) is 0 Å². The molecule has 51 heavy (non-hydrogen) atoms. The predicted molar refractivity (Wildman–Crippen MR) is 233 cm³/mol. The summed E-state index contributed by atoms with van der Waals surface area (Å²) in [4.78, 5) is 15.7. The Kier molecular flexibility index (Phi) is 7.22. The number of aromatic nitrogens is 3. The zero-order valence-electron chi connectivity index (χ0n) is 29.9. The maximum Gasteiger partial charge on any atom is 0.167 e. The zero-order chi connectivity index (χ0) is 35.1. The smallest absolute Gasteiger partial charge is 0.167 e. The number of rotatable bonds is 4. The fraction of sp³-hybridized carbons (Fsp3) is 0. The summed E-state index contributed by atoms with van der Waals surface area (Å²) in [5.74, 6) is 1.75.